The monoisotopic (exact) mass is 396 g/mol. The Kier molecular flexibility index (Phi) is 6.35. The predicted octanol–water partition coefficient (Wildman–Crippen LogP) is 4.01. The first-order valence-electron chi connectivity index (χ1n) is 10.2. The van der Waals surface area contributed by atoms with Crippen LogP contribution in [0.25, 0.3) is 0 Å². The highest BCUT2D eigenvalue weighted by Gasteiger charge is 2.29. The standard InChI is InChI=1S/C23H28N2O2S/c1-2-27-23(26)11-12-24-13-15-25(16-14-24)20-17-18-7-3-5-9-21(18)28-22-10-6-4-8-19(20)22/h3-10,20H,2,11-17H2,1H3. The first kappa shape index (κ1) is 19.5. The molecule has 4 nitrogen and oxygen atoms in total. The van der Waals surface area contributed by atoms with Crippen LogP contribution in [0.3, 0.4) is 0 Å². The van der Waals surface area contributed by atoms with Gasteiger partial charge in [0.15, 0.2) is 0 Å². The van der Waals surface area contributed by atoms with Gasteiger partial charge in [0.2, 0.25) is 0 Å². The van der Waals surface area contributed by atoms with Gasteiger partial charge in [-0.3, -0.25) is 9.69 Å². The van der Waals surface area contributed by atoms with Gasteiger partial charge < -0.3 is 9.64 Å². The number of carbonyl (C=O) groups is 1. The minimum atomic E-state index is -0.0868. The maximum atomic E-state index is 11.6. The molecule has 28 heavy (non-hydrogen) atoms. The van der Waals surface area contributed by atoms with E-state index in [9.17, 15) is 4.79 Å². The van der Waals surface area contributed by atoms with E-state index in [1.165, 1.54) is 20.9 Å². The van der Waals surface area contributed by atoms with E-state index in [1.807, 2.05) is 18.7 Å². The maximum Gasteiger partial charge on any atom is 0.307 e. The molecule has 1 unspecified atom stereocenters. The van der Waals surface area contributed by atoms with Crippen LogP contribution in [0.4, 0.5) is 0 Å². The minimum absolute atomic E-state index is 0.0868. The summed E-state index contributed by atoms with van der Waals surface area (Å²) in [5, 5.41) is 0. The molecule has 2 heterocycles. The Morgan fingerprint density at radius 1 is 1.04 bits per heavy atom. The smallest absolute Gasteiger partial charge is 0.307 e. The fourth-order valence-electron chi connectivity index (χ4n) is 4.16. The Morgan fingerprint density at radius 3 is 2.54 bits per heavy atom. The van der Waals surface area contributed by atoms with Crippen molar-refractivity contribution >= 4 is 17.7 Å². The average molecular weight is 397 g/mol. The zero-order chi connectivity index (χ0) is 19.3. The zero-order valence-corrected chi connectivity index (χ0v) is 17.3. The molecule has 0 aromatic heterocycles. The fourth-order valence-corrected chi connectivity index (χ4v) is 5.30. The molecule has 0 bridgehead atoms. The van der Waals surface area contributed by atoms with E-state index in [0.29, 0.717) is 19.1 Å². The summed E-state index contributed by atoms with van der Waals surface area (Å²) in [4.78, 5) is 19.4. The molecular weight excluding hydrogens is 368 g/mol. The highest BCUT2D eigenvalue weighted by atomic mass is 32.2. The number of hydrogen-bond acceptors (Lipinski definition) is 5. The molecule has 0 saturated carbocycles. The predicted molar refractivity (Wildman–Crippen MR) is 113 cm³/mol. The molecule has 4 rings (SSSR count). The molecular formula is C23H28N2O2S. The van der Waals surface area contributed by atoms with Gasteiger partial charge in [-0.05, 0) is 36.6 Å². The van der Waals surface area contributed by atoms with E-state index >= 15 is 0 Å². The molecule has 0 amide bonds. The summed E-state index contributed by atoms with van der Waals surface area (Å²) < 4.78 is 5.06. The van der Waals surface area contributed by atoms with E-state index in [1.54, 1.807) is 0 Å². The molecule has 1 atom stereocenters. The topological polar surface area (TPSA) is 32.8 Å². The van der Waals surface area contributed by atoms with Crippen LogP contribution in [-0.2, 0) is 16.0 Å². The molecule has 0 N–H and O–H groups in total. The van der Waals surface area contributed by atoms with Crippen LogP contribution in [0.2, 0.25) is 0 Å². The van der Waals surface area contributed by atoms with Crippen molar-refractivity contribution in [1.82, 2.24) is 9.80 Å². The number of ether oxygens (including phenoxy) is 1. The van der Waals surface area contributed by atoms with Crippen molar-refractivity contribution in [1.29, 1.82) is 0 Å². The summed E-state index contributed by atoms with van der Waals surface area (Å²) in [5.41, 5.74) is 2.89. The number of rotatable bonds is 5. The van der Waals surface area contributed by atoms with Crippen molar-refractivity contribution in [2.24, 2.45) is 0 Å². The molecule has 5 heteroatoms. The number of esters is 1. The second-order valence-electron chi connectivity index (χ2n) is 7.40. The van der Waals surface area contributed by atoms with Gasteiger partial charge in [-0.25, -0.2) is 0 Å². The molecule has 0 aliphatic carbocycles. The molecule has 0 spiro atoms. The number of hydrogen-bond donors (Lipinski definition) is 0. The van der Waals surface area contributed by atoms with Gasteiger partial charge in [0.05, 0.1) is 13.0 Å². The third-order valence-electron chi connectivity index (χ3n) is 5.67. The lowest BCUT2D eigenvalue weighted by Crippen LogP contribution is -2.48. The second-order valence-corrected chi connectivity index (χ2v) is 8.48. The maximum absolute atomic E-state index is 11.6. The van der Waals surface area contributed by atoms with Gasteiger partial charge in [0.25, 0.3) is 0 Å². The Hall–Kier alpha value is -1.82. The number of nitrogens with zero attached hydrogens (tertiary/aromatic N) is 2. The first-order chi connectivity index (χ1) is 13.7. The third kappa shape index (κ3) is 4.43. The van der Waals surface area contributed by atoms with Crippen molar-refractivity contribution in [2.45, 2.75) is 35.6 Å². The van der Waals surface area contributed by atoms with Gasteiger partial charge >= 0.3 is 5.97 Å². The van der Waals surface area contributed by atoms with Crippen molar-refractivity contribution in [3.05, 3.63) is 59.7 Å². The van der Waals surface area contributed by atoms with E-state index in [-0.39, 0.29) is 5.97 Å². The highest BCUT2D eigenvalue weighted by Crippen LogP contribution is 2.42. The van der Waals surface area contributed by atoms with Crippen LogP contribution in [0, 0.1) is 0 Å². The molecule has 148 valence electrons. The quantitative estimate of drug-likeness (QED) is 0.713. The summed E-state index contributed by atoms with van der Waals surface area (Å²) in [7, 11) is 0. The van der Waals surface area contributed by atoms with Crippen LogP contribution in [0.5, 0.6) is 0 Å². The average Bonchev–Trinajstić information content (AvgIpc) is 2.89. The molecule has 2 aromatic carbocycles. The minimum Gasteiger partial charge on any atom is -0.466 e. The molecule has 1 saturated heterocycles. The Balaban J connectivity index is 1.45. The van der Waals surface area contributed by atoms with Gasteiger partial charge in [-0.1, -0.05) is 48.2 Å². The summed E-state index contributed by atoms with van der Waals surface area (Å²) in [6.07, 6.45) is 1.55. The first-order valence-corrected chi connectivity index (χ1v) is 11.0. The highest BCUT2D eigenvalue weighted by molar-refractivity contribution is 7.99. The number of piperazine rings is 1. The number of carbonyl (C=O) groups excluding carboxylic acids is 1. The third-order valence-corrected chi connectivity index (χ3v) is 6.88. The van der Waals surface area contributed by atoms with E-state index in [0.717, 1.165) is 39.1 Å². The summed E-state index contributed by atoms with van der Waals surface area (Å²) >= 11 is 1.90. The van der Waals surface area contributed by atoms with Crippen molar-refractivity contribution in [3.63, 3.8) is 0 Å². The molecule has 1 fully saturated rings. The van der Waals surface area contributed by atoms with Crippen LogP contribution >= 0.6 is 11.8 Å². The van der Waals surface area contributed by atoms with Crippen molar-refractivity contribution < 1.29 is 9.53 Å². The SMILES string of the molecule is CCOC(=O)CCN1CCN(C2Cc3ccccc3Sc3ccccc32)CC1. The van der Waals surface area contributed by atoms with E-state index in [2.05, 4.69) is 58.3 Å². The lowest BCUT2D eigenvalue weighted by atomic mass is 9.96. The lowest BCUT2D eigenvalue weighted by Gasteiger charge is -2.39. The summed E-state index contributed by atoms with van der Waals surface area (Å²) in [6.45, 7) is 7.21. The van der Waals surface area contributed by atoms with E-state index < -0.39 is 0 Å². The van der Waals surface area contributed by atoms with Gasteiger partial charge in [-0.2, -0.15) is 0 Å². The largest absolute Gasteiger partial charge is 0.466 e. The van der Waals surface area contributed by atoms with Gasteiger partial charge in [-0.15, -0.1) is 0 Å². The van der Waals surface area contributed by atoms with Crippen LogP contribution in [-0.4, -0.2) is 55.1 Å². The molecule has 2 aliphatic rings. The van der Waals surface area contributed by atoms with Crippen LogP contribution in [0.15, 0.2) is 58.3 Å². The van der Waals surface area contributed by atoms with Crippen molar-refractivity contribution in [2.75, 3.05) is 39.3 Å². The summed E-state index contributed by atoms with van der Waals surface area (Å²) in [6, 6.07) is 18.1. The van der Waals surface area contributed by atoms with Crippen LogP contribution < -0.4 is 0 Å². The van der Waals surface area contributed by atoms with Crippen LogP contribution in [0.1, 0.15) is 30.5 Å². The lowest BCUT2D eigenvalue weighted by molar-refractivity contribution is -0.143. The molecule has 2 aromatic rings. The Labute approximate surface area is 171 Å². The normalized spacial score (nSPS) is 20.1. The summed E-state index contributed by atoms with van der Waals surface area (Å²) in [5.74, 6) is -0.0868. The Morgan fingerprint density at radius 2 is 1.75 bits per heavy atom. The van der Waals surface area contributed by atoms with E-state index in [4.69, 9.17) is 4.74 Å². The zero-order valence-electron chi connectivity index (χ0n) is 16.5. The number of benzene rings is 2. The fraction of sp³-hybridized carbons (Fsp3) is 0.435. The van der Waals surface area contributed by atoms with Gasteiger partial charge in [0.1, 0.15) is 0 Å². The van der Waals surface area contributed by atoms with Gasteiger partial charge in [0, 0.05) is 48.6 Å². The number of fused-ring (bicyclic) bond motifs is 2. The molecule has 0 radical (unpaired) electrons. The van der Waals surface area contributed by atoms with Crippen molar-refractivity contribution in [3.8, 4) is 0 Å². The Bertz CT molecular complexity index is 818. The second kappa shape index (κ2) is 9.12. The molecule has 2 aliphatic heterocycles.